The third kappa shape index (κ3) is 3.81. The fourth-order valence-electron chi connectivity index (χ4n) is 3.04. The molecule has 1 aliphatic rings. The van der Waals surface area contributed by atoms with Crippen LogP contribution >= 0.6 is 0 Å². The van der Waals surface area contributed by atoms with Crippen molar-refractivity contribution in [2.75, 3.05) is 19.7 Å². The van der Waals surface area contributed by atoms with Crippen molar-refractivity contribution in [2.45, 2.75) is 19.8 Å². The van der Waals surface area contributed by atoms with Gasteiger partial charge in [0.1, 0.15) is 11.3 Å². The van der Waals surface area contributed by atoms with Crippen molar-refractivity contribution in [1.29, 1.82) is 0 Å². The van der Waals surface area contributed by atoms with Gasteiger partial charge >= 0.3 is 11.6 Å². The molecule has 1 N–H and O–H groups in total. The number of ether oxygens (including phenoxy) is 1. The van der Waals surface area contributed by atoms with Gasteiger partial charge < -0.3 is 19.2 Å². The predicted octanol–water partition coefficient (Wildman–Crippen LogP) is 1.80. The van der Waals surface area contributed by atoms with Crippen molar-refractivity contribution in [3.63, 3.8) is 0 Å². The Morgan fingerprint density at radius 2 is 2.16 bits per heavy atom. The number of piperidine rings is 1. The van der Waals surface area contributed by atoms with Crippen LogP contribution in [0.2, 0.25) is 0 Å². The standard InChI is InChI=1S/C18H19NO6/c1-11-7-17(21)25-15-8-13(4-5-14(11)15)24-10-16(20)19-6-2-3-12(9-19)18(22)23/h4-5,7-8,12H,2-3,6,9-10H2,1H3,(H,22,23). The molecule has 7 heteroatoms. The molecule has 1 aromatic heterocycles. The second kappa shape index (κ2) is 6.96. The highest BCUT2D eigenvalue weighted by molar-refractivity contribution is 5.82. The van der Waals surface area contributed by atoms with Crippen LogP contribution in [0.1, 0.15) is 18.4 Å². The lowest BCUT2D eigenvalue weighted by Crippen LogP contribution is -2.44. The number of carbonyl (C=O) groups is 2. The molecule has 0 saturated carbocycles. The molecule has 1 atom stereocenters. The molecule has 0 bridgehead atoms. The average molecular weight is 345 g/mol. The summed E-state index contributed by atoms with van der Waals surface area (Å²) in [5, 5.41) is 9.89. The fraction of sp³-hybridized carbons (Fsp3) is 0.389. The highest BCUT2D eigenvalue weighted by atomic mass is 16.5. The summed E-state index contributed by atoms with van der Waals surface area (Å²) in [6.45, 7) is 2.38. The highest BCUT2D eigenvalue weighted by Gasteiger charge is 2.28. The van der Waals surface area contributed by atoms with Gasteiger partial charge in [0.25, 0.3) is 5.91 Å². The first-order valence-electron chi connectivity index (χ1n) is 8.12. The molecule has 1 unspecified atom stereocenters. The molecule has 1 fully saturated rings. The van der Waals surface area contributed by atoms with E-state index in [1.54, 1.807) is 18.2 Å². The minimum atomic E-state index is -0.877. The van der Waals surface area contributed by atoms with Gasteiger partial charge in [-0.25, -0.2) is 4.79 Å². The third-order valence-corrected chi connectivity index (χ3v) is 4.41. The number of rotatable bonds is 4. The maximum atomic E-state index is 12.2. The molecular formula is C18H19NO6. The summed E-state index contributed by atoms with van der Waals surface area (Å²) in [5.74, 6) is -1.23. The first kappa shape index (κ1) is 17.0. The molecule has 3 rings (SSSR count). The molecule has 132 valence electrons. The zero-order valence-electron chi connectivity index (χ0n) is 13.9. The van der Waals surface area contributed by atoms with E-state index in [4.69, 9.17) is 14.3 Å². The first-order valence-corrected chi connectivity index (χ1v) is 8.12. The van der Waals surface area contributed by atoms with E-state index in [1.165, 1.54) is 11.0 Å². The molecule has 2 aromatic rings. The predicted molar refractivity (Wildman–Crippen MR) is 89.7 cm³/mol. The van der Waals surface area contributed by atoms with Gasteiger partial charge in [-0.05, 0) is 37.5 Å². The van der Waals surface area contributed by atoms with E-state index in [2.05, 4.69) is 0 Å². The van der Waals surface area contributed by atoms with Gasteiger partial charge in [0, 0.05) is 30.6 Å². The Morgan fingerprint density at radius 1 is 1.36 bits per heavy atom. The van der Waals surface area contributed by atoms with Crippen LogP contribution in [-0.4, -0.2) is 41.6 Å². The van der Waals surface area contributed by atoms with Crippen LogP contribution in [0.3, 0.4) is 0 Å². The quantitative estimate of drug-likeness (QED) is 0.849. The van der Waals surface area contributed by atoms with E-state index in [-0.39, 0.29) is 19.1 Å². The lowest BCUT2D eigenvalue weighted by atomic mass is 9.98. The number of fused-ring (bicyclic) bond motifs is 1. The van der Waals surface area contributed by atoms with Gasteiger partial charge in [-0.2, -0.15) is 0 Å². The molecule has 1 amide bonds. The largest absolute Gasteiger partial charge is 0.484 e. The van der Waals surface area contributed by atoms with Crippen LogP contribution in [0.15, 0.2) is 33.5 Å². The maximum absolute atomic E-state index is 12.2. The SMILES string of the molecule is Cc1cc(=O)oc2cc(OCC(=O)N3CCCC(C(=O)O)C3)ccc12. The number of carbonyl (C=O) groups excluding carboxylic acids is 1. The van der Waals surface area contributed by atoms with Crippen molar-refractivity contribution >= 4 is 22.8 Å². The van der Waals surface area contributed by atoms with Gasteiger partial charge in [-0.1, -0.05) is 0 Å². The number of hydrogen-bond donors (Lipinski definition) is 1. The van der Waals surface area contributed by atoms with Crippen LogP contribution in [0.4, 0.5) is 0 Å². The molecule has 0 radical (unpaired) electrons. The lowest BCUT2D eigenvalue weighted by molar-refractivity contribution is -0.146. The number of hydrogen-bond acceptors (Lipinski definition) is 5. The Balaban J connectivity index is 1.67. The summed E-state index contributed by atoms with van der Waals surface area (Å²) in [6, 6.07) is 6.47. The Bertz CT molecular complexity index is 871. The molecule has 1 saturated heterocycles. The topological polar surface area (TPSA) is 97.0 Å². The average Bonchev–Trinajstić information content (AvgIpc) is 2.59. The number of benzene rings is 1. The van der Waals surface area contributed by atoms with Crippen LogP contribution in [0.25, 0.3) is 11.0 Å². The Morgan fingerprint density at radius 3 is 2.92 bits per heavy atom. The number of carboxylic acid groups (broad SMARTS) is 1. The summed E-state index contributed by atoms with van der Waals surface area (Å²) in [4.78, 5) is 36.3. The zero-order valence-corrected chi connectivity index (χ0v) is 13.9. The van der Waals surface area contributed by atoms with E-state index in [0.29, 0.717) is 30.7 Å². The van der Waals surface area contributed by atoms with Crippen molar-refractivity contribution in [1.82, 2.24) is 4.90 Å². The van der Waals surface area contributed by atoms with Crippen LogP contribution in [0, 0.1) is 12.8 Å². The Labute approximate surface area is 143 Å². The molecule has 2 heterocycles. The molecular weight excluding hydrogens is 326 g/mol. The number of nitrogens with zero attached hydrogens (tertiary/aromatic N) is 1. The van der Waals surface area contributed by atoms with E-state index >= 15 is 0 Å². The minimum Gasteiger partial charge on any atom is -0.484 e. The van der Waals surface area contributed by atoms with Gasteiger partial charge in [0.2, 0.25) is 0 Å². The van der Waals surface area contributed by atoms with Crippen molar-refractivity contribution in [2.24, 2.45) is 5.92 Å². The number of likely N-dealkylation sites (tertiary alicyclic amines) is 1. The molecule has 0 spiro atoms. The summed E-state index contributed by atoms with van der Waals surface area (Å²) in [7, 11) is 0. The number of carboxylic acids is 1. The molecule has 1 aliphatic heterocycles. The van der Waals surface area contributed by atoms with Crippen LogP contribution in [-0.2, 0) is 9.59 Å². The van der Waals surface area contributed by atoms with Gasteiger partial charge in [-0.3, -0.25) is 9.59 Å². The number of aryl methyl sites for hydroxylation is 1. The van der Waals surface area contributed by atoms with Gasteiger partial charge in [-0.15, -0.1) is 0 Å². The summed E-state index contributed by atoms with van der Waals surface area (Å²) >= 11 is 0. The van der Waals surface area contributed by atoms with E-state index in [9.17, 15) is 14.4 Å². The second-order valence-corrected chi connectivity index (χ2v) is 6.21. The summed E-state index contributed by atoms with van der Waals surface area (Å²) in [6.07, 6.45) is 1.26. The number of amides is 1. The normalized spacial score (nSPS) is 17.5. The third-order valence-electron chi connectivity index (χ3n) is 4.41. The Kier molecular flexibility index (Phi) is 4.74. The Hall–Kier alpha value is -2.83. The lowest BCUT2D eigenvalue weighted by Gasteiger charge is -2.30. The second-order valence-electron chi connectivity index (χ2n) is 6.21. The smallest absolute Gasteiger partial charge is 0.336 e. The van der Waals surface area contributed by atoms with Gasteiger partial charge in [0.15, 0.2) is 6.61 Å². The molecule has 25 heavy (non-hydrogen) atoms. The van der Waals surface area contributed by atoms with E-state index < -0.39 is 17.5 Å². The van der Waals surface area contributed by atoms with E-state index in [0.717, 1.165) is 10.9 Å². The molecule has 7 nitrogen and oxygen atoms in total. The van der Waals surface area contributed by atoms with Gasteiger partial charge in [0.05, 0.1) is 5.92 Å². The van der Waals surface area contributed by atoms with Crippen molar-refractivity contribution in [3.8, 4) is 5.75 Å². The highest BCUT2D eigenvalue weighted by Crippen LogP contribution is 2.22. The summed E-state index contributed by atoms with van der Waals surface area (Å²) in [5.41, 5.74) is 0.770. The minimum absolute atomic E-state index is 0.187. The monoisotopic (exact) mass is 345 g/mol. The molecule has 0 aliphatic carbocycles. The van der Waals surface area contributed by atoms with Crippen molar-refractivity contribution in [3.05, 3.63) is 40.2 Å². The first-order chi connectivity index (χ1) is 11.9. The van der Waals surface area contributed by atoms with Crippen LogP contribution in [0.5, 0.6) is 5.75 Å². The zero-order chi connectivity index (χ0) is 18.0. The van der Waals surface area contributed by atoms with Crippen LogP contribution < -0.4 is 10.4 Å². The maximum Gasteiger partial charge on any atom is 0.336 e. The fourth-order valence-corrected chi connectivity index (χ4v) is 3.04. The van der Waals surface area contributed by atoms with E-state index in [1.807, 2.05) is 6.92 Å². The number of aliphatic carboxylic acids is 1. The van der Waals surface area contributed by atoms with Crippen molar-refractivity contribution < 1.29 is 23.8 Å². The molecule has 1 aromatic carbocycles. The summed E-state index contributed by atoms with van der Waals surface area (Å²) < 4.78 is 10.7.